The molecule has 0 amide bonds. The summed E-state index contributed by atoms with van der Waals surface area (Å²) in [4.78, 5) is 0. The van der Waals surface area contributed by atoms with Crippen molar-refractivity contribution in [1.29, 1.82) is 0 Å². The Labute approximate surface area is 105 Å². The highest BCUT2D eigenvalue weighted by molar-refractivity contribution is 5.17. The van der Waals surface area contributed by atoms with Gasteiger partial charge in [-0.3, -0.25) is 0 Å². The molecule has 5 atom stereocenters. The van der Waals surface area contributed by atoms with Crippen LogP contribution in [0.5, 0.6) is 0 Å². The molecule has 2 nitrogen and oxygen atoms in total. The molecule has 2 aliphatic heterocycles. The fourth-order valence-electron chi connectivity index (χ4n) is 5.26. The summed E-state index contributed by atoms with van der Waals surface area (Å²) in [6.07, 6.45) is 5.61. The quantitative estimate of drug-likeness (QED) is 0.702. The molecule has 0 aromatic rings. The Morgan fingerprint density at radius 3 is 2.47 bits per heavy atom. The standard InChI is InChI=1S/C15H26O2/c1-10-6-5-8-15(16)12(10)11-7-9-14(15,4)17-13(11,2)3/h10-12,16H,5-9H2,1-4H3. The van der Waals surface area contributed by atoms with E-state index in [9.17, 15) is 5.11 Å². The molecule has 0 radical (unpaired) electrons. The summed E-state index contributed by atoms with van der Waals surface area (Å²) in [5.41, 5.74) is -0.941. The number of fused-ring (bicyclic) bond motifs is 2. The van der Waals surface area contributed by atoms with Gasteiger partial charge in [0.05, 0.1) is 16.8 Å². The van der Waals surface area contributed by atoms with Crippen molar-refractivity contribution in [3.05, 3.63) is 0 Å². The highest BCUT2D eigenvalue weighted by Crippen LogP contribution is 2.62. The topological polar surface area (TPSA) is 29.5 Å². The summed E-state index contributed by atoms with van der Waals surface area (Å²) in [6.45, 7) is 8.91. The van der Waals surface area contributed by atoms with Gasteiger partial charge in [-0.15, -0.1) is 0 Å². The molecule has 0 spiro atoms. The van der Waals surface area contributed by atoms with Crippen LogP contribution in [0.3, 0.4) is 0 Å². The Morgan fingerprint density at radius 1 is 1.12 bits per heavy atom. The van der Waals surface area contributed by atoms with Crippen LogP contribution in [0.2, 0.25) is 0 Å². The fourth-order valence-corrected chi connectivity index (χ4v) is 5.26. The third kappa shape index (κ3) is 1.34. The van der Waals surface area contributed by atoms with E-state index in [2.05, 4.69) is 27.7 Å². The van der Waals surface area contributed by atoms with Crippen molar-refractivity contribution < 1.29 is 9.84 Å². The van der Waals surface area contributed by atoms with Gasteiger partial charge in [-0.2, -0.15) is 0 Å². The zero-order chi connectivity index (χ0) is 12.5. The van der Waals surface area contributed by atoms with E-state index in [0.29, 0.717) is 17.8 Å². The lowest BCUT2D eigenvalue weighted by atomic mass is 9.48. The zero-order valence-electron chi connectivity index (χ0n) is 11.6. The van der Waals surface area contributed by atoms with Crippen molar-refractivity contribution in [1.82, 2.24) is 0 Å². The molecule has 4 rings (SSSR count). The molecular formula is C15H26O2. The monoisotopic (exact) mass is 238 g/mol. The van der Waals surface area contributed by atoms with Gasteiger partial charge in [0.1, 0.15) is 0 Å². The predicted molar refractivity (Wildman–Crippen MR) is 67.7 cm³/mol. The summed E-state index contributed by atoms with van der Waals surface area (Å²) < 4.78 is 6.33. The van der Waals surface area contributed by atoms with Gasteiger partial charge < -0.3 is 9.84 Å². The number of aliphatic hydroxyl groups is 1. The molecule has 0 aromatic carbocycles. The Morgan fingerprint density at radius 2 is 1.82 bits per heavy atom. The van der Waals surface area contributed by atoms with Crippen LogP contribution in [0.15, 0.2) is 0 Å². The first-order valence-corrected chi connectivity index (χ1v) is 7.23. The second-order valence-electron chi connectivity index (χ2n) is 7.40. The maximum atomic E-state index is 11.2. The second kappa shape index (κ2) is 3.27. The Hall–Kier alpha value is -0.0800. The van der Waals surface area contributed by atoms with Crippen LogP contribution in [0.25, 0.3) is 0 Å². The first kappa shape index (κ1) is 12.0. The van der Waals surface area contributed by atoms with Gasteiger partial charge in [-0.25, -0.2) is 0 Å². The minimum Gasteiger partial charge on any atom is -0.387 e. The smallest absolute Gasteiger partial charge is 0.0967 e. The largest absolute Gasteiger partial charge is 0.387 e. The van der Waals surface area contributed by atoms with Crippen molar-refractivity contribution in [2.75, 3.05) is 0 Å². The molecule has 4 aliphatic rings. The van der Waals surface area contributed by atoms with E-state index in [1.54, 1.807) is 0 Å². The number of hydrogen-bond donors (Lipinski definition) is 1. The lowest BCUT2D eigenvalue weighted by molar-refractivity contribution is -0.354. The first-order chi connectivity index (χ1) is 7.80. The van der Waals surface area contributed by atoms with Gasteiger partial charge in [0.15, 0.2) is 0 Å². The number of ether oxygens (including phenoxy) is 1. The van der Waals surface area contributed by atoms with Gasteiger partial charge in [0.2, 0.25) is 0 Å². The third-order valence-electron chi connectivity index (χ3n) is 6.04. The van der Waals surface area contributed by atoms with Crippen LogP contribution >= 0.6 is 0 Å². The lowest BCUT2D eigenvalue weighted by Gasteiger charge is -2.68. The number of rotatable bonds is 0. The molecule has 2 heterocycles. The van der Waals surface area contributed by atoms with E-state index in [0.717, 1.165) is 19.3 Å². The lowest BCUT2D eigenvalue weighted by Crippen LogP contribution is -2.74. The molecule has 17 heavy (non-hydrogen) atoms. The van der Waals surface area contributed by atoms with Gasteiger partial charge in [0, 0.05) is 0 Å². The maximum absolute atomic E-state index is 11.2. The van der Waals surface area contributed by atoms with E-state index >= 15 is 0 Å². The normalized spacial score (nSPS) is 56.6. The molecule has 98 valence electrons. The SMILES string of the molecule is CC1CCCC2(O)C1C1CCC2(C)OC1(C)C. The van der Waals surface area contributed by atoms with E-state index in [-0.39, 0.29) is 11.2 Å². The summed E-state index contributed by atoms with van der Waals surface area (Å²) in [6, 6.07) is 0. The molecule has 2 saturated carbocycles. The highest BCUT2D eigenvalue weighted by atomic mass is 16.5. The van der Waals surface area contributed by atoms with Gasteiger partial charge in [0.25, 0.3) is 0 Å². The summed E-state index contributed by atoms with van der Waals surface area (Å²) in [7, 11) is 0. The molecule has 0 aromatic heterocycles. The summed E-state index contributed by atoms with van der Waals surface area (Å²) in [5.74, 6) is 1.62. The zero-order valence-corrected chi connectivity index (χ0v) is 11.6. The van der Waals surface area contributed by atoms with Crippen LogP contribution in [-0.2, 0) is 4.74 Å². The van der Waals surface area contributed by atoms with E-state index in [1.807, 2.05) is 0 Å². The molecule has 2 bridgehead atoms. The molecule has 1 N–H and O–H groups in total. The van der Waals surface area contributed by atoms with Crippen LogP contribution in [0.4, 0.5) is 0 Å². The molecule has 2 aliphatic carbocycles. The average Bonchev–Trinajstić information content (AvgIpc) is 2.18. The molecular weight excluding hydrogens is 212 g/mol. The van der Waals surface area contributed by atoms with Crippen LogP contribution in [0.1, 0.15) is 59.8 Å². The van der Waals surface area contributed by atoms with Crippen molar-refractivity contribution in [3.8, 4) is 0 Å². The summed E-state index contributed by atoms with van der Waals surface area (Å²) >= 11 is 0. The van der Waals surface area contributed by atoms with Crippen LogP contribution in [-0.4, -0.2) is 21.9 Å². The van der Waals surface area contributed by atoms with E-state index < -0.39 is 5.60 Å². The fraction of sp³-hybridized carbons (Fsp3) is 1.00. The maximum Gasteiger partial charge on any atom is 0.0967 e. The van der Waals surface area contributed by atoms with Crippen molar-refractivity contribution >= 4 is 0 Å². The number of hydrogen-bond acceptors (Lipinski definition) is 2. The van der Waals surface area contributed by atoms with Crippen LogP contribution < -0.4 is 0 Å². The highest BCUT2D eigenvalue weighted by Gasteiger charge is 2.68. The summed E-state index contributed by atoms with van der Waals surface area (Å²) in [5, 5.41) is 11.2. The minimum absolute atomic E-state index is 0.0600. The second-order valence-corrected chi connectivity index (χ2v) is 7.40. The van der Waals surface area contributed by atoms with Gasteiger partial charge >= 0.3 is 0 Å². The Balaban J connectivity index is 2.08. The van der Waals surface area contributed by atoms with Crippen LogP contribution in [0, 0.1) is 17.8 Å². The Bertz CT molecular complexity index is 338. The van der Waals surface area contributed by atoms with E-state index in [4.69, 9.17) is 4.74 Å². The molecule has 2 heteroatoms. The third-order valence-corrected chi connectivity index (χ3v) is 6.04. The predicted octanol–water partition coefficient (Wildman–Crippen LogP) is 3.13. The van der Waals surface area contributed by atoms with Crippen molar-refractivity contribution in [2.24, 2.45) is 17.8 Å². The average molecular weight is 238 g/mol. The van der Waals surface area contributed by atoms with Gasteiger partial charge in [-0.05, 0) is 57.8 Å². The first-order valence-electron chi connectivity index (χ1n) is 7.23. The molecule has 5 unspecified atom stereocenters. The van der Waals surface area contributed by atoms with E-state index in [1.165, 1.54) is 12.8 Å². The Kier molecular flexibility index (Phi) is 2.30. The van der Waals surface area contributed by atoms with Crippen molar-refractivity contribution in [3.63, 3.8) is 0 Å². The van der Waals surface area contributed by atoms with Crippen molar-refractivity contribution in [2.45, 2.75) is 76.6 Å². The molecule has 2 saturated heterocycles. The van der Waals surface area contributed by atoms with Gasteiger partial charge in [-0.1, -0.05) is 19.8 Å². The minimum atomic E-state index is -0.566. The molecule has 4 fully saturated rings.